The Morgan fingerprint density at radius 2 is 1.73 bits per heavy atom. The summed E-state index contributed by atoms with van der Waals surface area (Å²) in [5.41, 5.74) is 1.44. The van der Waals surface area contributed by atoms with Gasteiger partial charge in [-0.25, -0.2) is 0 Å². The number of hydrogen-bond acceptors (Lipinski definition) is 0. The van der Waals surface area contributed by atoms with Gasteiger partial charge in [0.2, 0.25) is 0 Å². The highest BCUT2D eigenvalue weighted by molar-refractivity contribution is 4.92. The largest absolute Gasteiger partial charge is 0.103 e. The highest BCUT2D eigenvalue weighted by Gasteiger charge is 1.85. The Hall–Kier alpha value is -0.520. The van der Waals surface area contributed by atoms with Gasteiger partial charge < -0.3 is 0 Å². The standard InChI is InChI=1S/C11H20/c1-4-5-6-7-8-9-10-11(2)3/h4,10H,1,5-9H2,2-3H3. The van der Waals surface area contributed by atoms with Gasteiger partial charge in [-0.15, -0.1) is 6.58 Å². The van der Waals surface area contributed by atoms with E-state index in [-0.39, 0.29) is 0 Å². The second-order valence-electron chi connectivity index (χ2n) is 3.21. The predicted octanol–water partition coefficient (Wildman–Crippen LogP) is 4.09. The van der Waals surface area contributed by atoms with Crippen molar-refractivity contribution in [3.8, 4) is 0 Å². The van der Waals surface area contributed by atoms with E-state index in [4.69, 9.17) is 0 Å². The molecule has 0 rings (SSSR count). The van der Waals surface area contributed by atoms with E-state index in [0.717, 1.165) is 0 Å². The summed E-state index contributed by atoms with van der Waals surface area (Å²) in [4.78, 5) is 0. The van der Waals surface area contributed by atoms with E-state index in [2.05, 4.69) is 26.5 Å². The molecule has 0 aliphatic rings. The third-order valence-electron chi connectivity index (χ3n) is 1.66. The highest BCUT2D eigenvalue weighted by atomic mass is 13.9. The second-order valence-corrected chi connectivity index (χ2v) is 3.21. The van der Waals surface area contributed by atoms with Gasteiger partial charge in [0.1, 0.15) is 0 Å². The van der Waals surface area contributed by atoms with Crippen molar-refractivity contribution < 1.29 is 0 Å². The van der Waals surface area contributed by atoms with Gasteiger partial charge in [-0.2, -0.15) is 0 Å². The molecule has 0 spiro atoms. The fourth-order valence-corrected chi connectivity index (χ4v) is 1.00. The van der Waals surface area contributed by atoms with Crippen molar-refractivity contribution in [1.82, 2.24) is 0 Å². The van der Waals surface area contributed by atoms with Gasteiger partial charge in [-0.1, -0.05) is 24.1 Å². The minimum absolute atomic E-state index is 1.18. The van der Waals surface area contributed by atoms with Crippen molar-refractivity contribution in [1.29, 1.82) is 0 Å². The second kappa shape index (κ2) is 7.59. The molecule has 0 heterocycles. The Morgan fingerprint density at radius 1 is 1.09 bits per heavy atom. The van der Waals surface area contributed by atoms with E-state index >= 15 is 0 Å². The number of allylic oxidation sites excluding steroid dienone is 3. The molecule has 0 aliphatic heterocycles. The lowest BCUT2D eigenvalue weighted by atomic mass is 10.1. The minimum atomic E-state index is 1.18. The molecule has 0 aromatic rings. The lowest BCUT2D eigenvalue weighted by molar-refractivity contribution is 0.695. The summed E-state index contributed by atoms with van der Waals surface area (Å²) in [5, 5.41) is 0. The van der Waals surface area contributed by atoms with Crippen LogP contribution in [-0.4, -0.2) is 0 Å². The average Bonchev–Trinajstić information content (AvgIpc) is 1.96. The van der Waals surface area contributed by atoms with E-state index in [1.807, 2.05) is 6.08 Å². The summed E-state index contributed by atoms with van der Waals surface area (Å²) in [6.45, 7) is 8.01. The molecule has 0 amide bonds. The summed E-state index contributed by atoms with van der Waals surface area (Å²) >= 11 is 0. The van der Waals surface area contributed by atoms with Gasteiger partial charge in [0, 0.05) is 0 Å². The zero-order valence-electron chi connectivity index (χ0n) is 7.90. The molecular formula is C11H20. The molecule has 0 bridgehead atoms. The normalized spacial score (nSPS) is 9.27. The van der Waals surface area contributed by atoms with Crippen LogP contribution in [0, 0.1) is 0 Å². The first kappa shape index (κ1) is 10.5. The van der Waals surface area contributed by atoms with Crippen LogP contribution < -0.4 is 0 Å². The quantitative estimate of drug-likeness (QED) is 0.397. The Morgan fingerprint density at radius 3 is 2.27 bits per heavy atom. The zero-order chi connectivity index (χ0) is 8.53. The number of unbranched alkanes of at least 4 members (excludes halogenated alkanes) is 4. The highest BCUT2D eigenvalue weighted by Crippen LogP contribution is 2.05. The number of rotatable bonds is 6. The molecule has 0 aliphatic carbocycles. The topological polar surface area (TPSA) is 0 Å². The molecular weight excluding hydrogens is 132 g/mol. The minimum Gasteiger partial charge on any atom is -0.103 e. The molecule has 64 valence electrons. The Bertz CT molecular complexity index is 116. The molecule has 0 saturated carbocycles. The molecule has 0 N–H and O–H groups in total. The third kappa shape index (κ3) is 9.48. The van der Waals surface area contributed by atoms with Crippen molar-refractivity contribution in [3.05, 3.63) is 24.3 Å². The molecule has 0 aromatic heterocycles. The Labute approximate surface area is 71.0 Å². The fourth-order valence-electron chi connectivity index (χ4n) is 1.00. The lowest BCUT2D eigenvalue weighted by Gasteiger charge is -1.95. The Kier molecular flexibility index (Phi) is 7.23. The predicted molar refractivity (Wildman–Crippen MR) is 52.7 cm³/mol. The molecule has 11 heavy (non-hydrogen) atoms. The summed E-state index contributed by atoms with van der Waals surface area (Å²) in [7, 11) is 0. The molecule has 0 unspecified atom stereocenters. The maximum absolute atomic E-state index is 3.69. The summed E-state index contributed by atoms with van der Waals surface area (Å²) in [6.07, 6.45) is 10.7. The van der Waals surface area contributed by atoms with Crippen LogP contribution >= 0.6 is 0 Å². The van der Waals surface area contributed by atoms with E-state index in [0.29, 0.717) is 0 Å². The number of hydrogen-bond donors (Lipinski definition) is 0. The molecule has 0 atom stereocenters. The van der Waals surface area contributed by atoms with Crippen LogP contribution in [-0.2, 0) is 0 Å². The molecule has 0 fully saturated rings. The van der Waals surface area contributed by atoms with Gasteiger partial charge in [0.25, 0.3) is 0 Å². The molecule has 0 aromatic carbocycles. The van der Waals surface area contributed by atoms with E-state index < -0.39 is 0 Å². The van der Waals surface area contributed by atoms with Crippen molar-refractivity contribution in [2.75, 3.05) is 0 Å². The van der Waals surface area contributed by atoms with Crippen LogP contribution in [0.25, 0.3) is 0 Å². The van der Waals surface area contributed by atoms with Crippen LogP contribution in [0.5, 0.6) is 0 Å². The van der Waals surface area contributed by atoms with Crippen molar-refractivity contribution >= 4 is 0 Å². The zero-order valence-corrected chi connectivity index (χ0v) is 7.90. The summed E-state index contributed by atoms with van der Waals surface area (Å²) < 4.78 is 0. The van der Waals surface area contributed by atoms with Crippen LogP contribution in [0.15, 0.2) is 24.3 Å². The van der Waals surface area contributed by atoms with E-state index in [1.165, 1.54) is 37.7 Å². The van der Waals surface area contributed by atoms with Crippen LogP contribution in [0.1, 0.15) is 46.0 Å². The third-order valence-corrected chi connectivity index (χ3v) is 1.66. The van der Waals surface area contributed by atoms with E-state index in [9.17, 15) is 0 Å². The van der Waals surface area contributed by atoms with E-state index in [1.54, 1.807) is 0 Å². The molecule has 0 saturated heterocycles. The molecule has 0 heteroatoms. The van der Waals surface area contributed by atoms with Gasteiger partial charge >= 0.3 is 0 Å². The average molecular weight is 152 g/mol. The van der Waals surface area contributed by atoms with Crippen molar-refractivity contribution in [3.63, 3.8) is 0 Å². The van der Waals surface area contributed by atoms with Crippen molar-refractivity contribution in [2.24, 2.45) is 0 Å². The summed E-state index contributed by atoms with van der Waals surface area (Å²) in [5.74, 6) is 0. The van der Waals surface area contributed by atoms with Gasteiger partial charge in [-0.3, -0.25) is 0 Å². The lowest BCUT2D eigenvalue weighted by Crippen LogP contribution is -1.75. The maximum atomic E-state index is 3.69. The first-order valence-electron chi connectivity index (χ1n) is 4.51. The SMILES string of the molecule is C=CCCCCCC=C(C)C. The van der Waals surface area contributed by atoms with Gasteiger partial charge in [0.15, 0.2) is 0 Å². The van der Waals surface area contributed by atoms with Gasteiger partial charge in [0.05, 0.1) is 0 Å². The maximum Gasteiger partial charge on any atom is -0.0348 e. The summed E-state index contributed by atoms with van der Waals surface area (Å²) in [6, 6.07) is 0. The smallest absolute Gasteiger partial charge is 0.0348 e. The van der Waals surface area contributed by atoms with Crippen molar-refractivity contribution in [2.45, 2.75) is 46.0 Å². The Balaban J connectivity index is 3.02. The van der Waals surface area contributed by atoms with Crippen LogP contribution in [0.3, 0.4) is 0 Å². The monoisotopic (exact) mass is 152 g/mol. The first-order chi connectivity index (χ1) is 5.27. The first-order valence-corrected chi connectivity index (χ1v) is 4.51. The fraction of sp³-hybridized carbons (Fsp3) is 0.636. The van der Waals surface area contributed by atoms with Gasteiger partial charge in [-0.05, 0) is 39.5 Å². The molecule has 0 radical (unpaired) electrons. The van der Waals surface area contributed by atoms with Crippen LogP contribution in [0.2, 0.25) is 0 Å². The van der Waals surface area contributed by atoms with Crippen LogP contribution in [0.4, 0.5) is 0 Å². The molecule has 0 nitrogen and oxygen atoms in total.